The third-order valence-corrected chi connectivity index (χ3v) is 4.25. The molecule has 1 amide bonds. The van der Waals surface area contributed by atoms with E-state index in [4.69, 9.17) is 9.26 Å². The average molecular weight is 315 g/mol. The number of aryl methyl sites for hydroxylation is 2. The van der Waals surface area contributed by atoms with Crippen LogP contribution in [0.3, 0.4) is 0 Å². The van der Waals surface area contributed by atoms with Crippen LogP contribution in [0.1, 0.15) is 33.4 Å². The van der Waals surface area contributed by atoms with Gasteiger partial charge in [0.05, 0.1) is 18.8 Å². The fourth-order valence-corrected chi connectivity index (χ4v) is 3.10. The molecule has 0 saturated carbocycles. The molecule has 0 aliphatic carbocycles. The van der Waals surface area contributed by atoms with Gasteiger partial charge in [0.2, 0.25) is 0 Å². The van der Waals surface area contributed by atoms with Gasteiger partial charge >= 0.3 is 0 Å². The van der Waals surface area contributed by atoms with Gasteiger partial charge in [-0.15, -0.1) is 0 Å². The molecule has 2 aromatic rings. The topological polar surface area (TPSA) is 67.6 Å². The van der Waals surface area contributed by atoms with Gasteiger partial charge in [-0.3, -0.25) is 4.79 Å². The van der Waals surface area contributed by atoms with E-state index in [0.29, 0.717) is 30.1 Å². The molecule has 1 N–H and O–H groups in total. The van der Waals surface area contributed by atoms with Crippen molar-refractivity contribution in [2.45, 2.75) is 19.9 Å². The van der Waals surface area contributed by atoms with Crippen LogP contribution in [0.25, 0.3) is 0 Å². The number of hydrogen-bond acceptors (Lipinski definition) is 5. The highest BCUT2D eigenvalue weighted by Crippen LogP contribution is 2.31. The minimum absolute atomic E-state index is 0.0429. The Labute approximate surface area is 135 Å². The van der Waals surface area contributed by atoms with Crippen molar-refractivity contribution in [1.82, 2.24) is 15.4 Å². The quantitative estimate of drug-likeness (QED) is 0.939. The number of benzene rings is 1. The number of methoxy groups -OCH3 is 1. The second-order valence-corrected chi connectivity index (χ2v) is 5.66. The number of carbonyl (C=O) groups excluding carboxylic acids is 1. The molecule has 2 heterocycles. The lowest BCUT2D eigenvalue weighted by Gasteiger charge is -2.37. The summed E-state index contributed by atoms with van der Waals surface area (Å²) in [5.74, 6) is 1.31. The summed E-state index contributed by atoms with van der Waals surface area (Å²) in [5, 5.41) is 7.26. The zero-order chi connectivity index (χ0) is 16.4. The highest BCUT2D eigenvalue weighted by molar-refractivity contribution is 5.96. The molecule has 6 nitrogen and oxygen atoms in total. The molecule has 1 saturated heterocycles. The molecule has 1 fully saturated rings. The van der Waals surface area contributed by atoms with Gasteiger partial charge in [-0.1, -0.05) is 23.4 Å². The molecule has 0 unspecified atom stereocenters. The zero-order valence-corrected chi connectivity index (χ0v) is 13.6. The Morgan fingerprint density at radius 1 is 1.39 bits per heavy atom. The van der Waals surface area contributed by atoms with Gasteiger partial charge in [-0.05, 0) is 19.9 Å². The molecule has 0 spiro atoms. The van der Waals surface area contributed by atoms with Gasteiger partial charge < -0.3 is 19.5 Å². The normalized spacial score (nSPS) is 18.0. The van der Waals surface area contributed by atoms with E-state index >= 15 is 0 Å². The Balaban J connectivity index is 1.98. The first-order valence-corrected chi connectivity index (χ1v) is 7.71. The number of amides is 1. The third kappa shape index (κ3) is 2.82. The van der Waals surface area contributed by atoms with Crippen LogP contribution in [0.5, 0.6) is 5.75 Å². The Kier molecular flexibility index (Phi) is 4.34. The van der Waals surface area contributed by atoms with Crippen LogP contribution in [0.4, 0.5) is 0 Å². The van der Waals surface area contributed by atoms with Crippen molar-refractivity contribution in [1.29, 1.82) is 0 Å². The number of carbonyl (C=O) groups is 1. The first-order chi connectivity index (χ1) is 11.1. The molecule has 6 heteroatoms. The second-order valence-electron chi connectivity index (χ2n) is 5.66. The van der Waals surface area contributed by atoms with Crippen molar-refractivity contribution in [3.8, 4) is 5.75 Å². The first-order valence-electron chi connectivity index (χ1n) is 7.71. The van der Waals surface area contributed by atoms with E-state index in [2.05, 4.69) is 10.5 Å². The van der Waals surface area contributed by atoms with E-state index in [1.165, 1.54) is 0 Å². The van der Waals surface area contributed by atoms with E-state index in [0.717, 1.165) is 17.9 Å². The van der Waals surface area contributed by atoms with Crippen LogP contribution >= 0.6 is 0 Å². The van der Waals surface area contributed by atoms with Crippen molar-refractivity contribution >= 4 is 5.91 Å². The van der Waals surface area contributed by atoms with Crippen LogP contribution in [-0.4, -0.2) is 42.7 Å². The van der Waals surface area contributed by atoms with E-state index in [1.807, 2.05) is 29.2 Å². The number of nitrogens with zero attached hydrogens (tertiary/aromatic N) is 2. The van der Waals surface area contributed by atoms with Gasteiger partial charge in [-0.25, -0.2) is 0 Å². The number of para-hydroxylation sites is 1. The lowest BCUT2D eigenvalue weighted by Crippen LogP contribution is -2.49. The standard InChI is InChI=1S/C17H21N3O3/c1-11-16(12(2)23-19-11)17(21)20-9-8-18-10-14(20)13-6-4-5-7-15(13)22-3/h4-7,14,18H,8-10H2,1-3H3/t14-/m0/s1. The van der Waals surface area contributed by atoms with Crippen LogP contribution in [-0.2, 0) is 0 Å². The summed E-state index contributed by atoms with van der Waals surface area (Å²) in [6.07, 6.45) is 0. The molecule has 1 aliphatic heterocycles. The van der Waals surface area contributed by atoms with E-state index < -0.39 is 0 Å². The summed E-state index contributed by atoms with van der Waals surface area (Å²) in [5.41, 5.74) is 2.19. The monoisotopic (exact) mass is 315 g/mol. The van der Waals surface area contributed by atoms with Crippen LogP contribution in [0.15, 0.2) is 28.8 Å². The second kappa shape index (κ2) is 6.42. The Bertz CT molecular complexity index is 691. The highest BCUT2D eigenvalue weighted by Gasteiger charge is 2.33. The Morgan fingerprint density at radius 2 is 2.17 bits per heavy atom. The smallest absolute Gasteiger partial charge is 0.259 e. The predicted molar refractivity (Wildman–Crippen MR) is 85.6 cm³/mol. The fourth-order valence-electron chi connectivity index (χ4n) is 3.10. The molecule has 1 atom stereocenters. The van der Waals surface area contributed by atoms with Crippen molar-refractivity contribution < 1.29 is 14.1 Å². The maximum absolute atomic E-state index is 13.0. The number of hydrogen-bond donors (Lipinski definition) is 1. The summed E-state index contributed by atoms with van der Waals surface area (Å²) >= 11 is 0. The van der Waals surface area contributed by atoms with Crippen LogP contribution in [0, 0.1) is 13.8 Å². The summed E-state index contributed by atoms with van der Waals surface area (Å²) in [4.78, 5) is 14.9. The molecule has 1 aromatic carbocycles. The summed E-state index contributed by atoms with van der Waals surface area (Å²) in [6.45, 7) is 5.65. The number of ether oxygens (including phenoxy) is 1. The largest absolute Gasteiger partial charge is 0.496 e. The predicted octanol–water partition coefficient (Wildman–Crippen LogP) is 2.09. The molecule has 3 rings (SSSR count). The average Bonchev–Trinajstić information content (AvgIpc) is 2.93. The molecule has 23 heavy (non-hydrogen) atoms. The van der Waals surface area contributed by atoms with Gasteiger partial charge in [0, 0.05) is 25.2 Å². The van der Waals surface area contributed by atoms with Gasteiger partial charge in [0.1, 0.15) is 17.1 Å². The lowest BCUT2D eigenvalue weighted by molar-refractivity contribution is 0.0629. The van der Waals surface area contributed by atoms with Crippen molar-refractivity contribution in [3.05, 3.63) is 46.8 Å². The Hall–Kier alpha value is -2.34. The van der Waals surface area contributed by atoms with Gasteiger partial charge in [-0.2, -0.15) is 0 Å². The molecule has 122 valence electrons. The van der Waals surface area contributed by atoms with Crippen molar-refractivity contribution in [2.24, 2.45) is 0 Å². The molecule has 0 bridgehead atoms. The molecule has 0 radical (unpaired) electrons. The summed E-state index contributed by atoms with van der Waals surface area (Å²) in [6, 6.07) is 7.73. The van der Waals surface area contributed by atoms with Gasteiger partial charge in [0.15, 0.2) is 0 Å². The zero-order valence-electron chi connectivity index (χ0n) is 13.6. The molecule has 1 aliphatic rings. The van der Waals surface area contributed by atoms with E-state index in [9.17, 15) is 4.79 Å². The van der Waals surface area contributed by atoms with E-state index in [-0.39, 0.29) is 11.9 Å². The minimum atomic E-state index is -0.0823. The number of piperazine rings is 1. The highest BCUT2D eigenvalue weighted by atomic mass is 16.5. The maximum Gasteiger partial charge on any atom is 0.259 e. The Morgan fingerprint density at radius 3 is 2.87 bits per heavy atom. The van der Waals surface area contributed by atoms with E-state index in [1.54, 1.807) is 21.0 Å². The maximum atomic E-state index is 13.0. The SMILES string of the molecule is COc1ccccc1[C@@H]1CNCCN1C(=O)c1c(C)noc1C. The number of rotatable bonds is 3. The van der Waals surface area contributed by atoms with Crippen molar-refractivity contribution in [3.63, 3.8) is 0 Å². The third-order valence-electron chi connectivity index (χ3n) is 4.25. The van der Waals surface area contributed by atoms with Gasteiger partial charge in [0.25, 0.3) is 5.91 Å². The minimum Gasteiger partial charge on any atom is -0.496 e. The van der Waals surface area contributed by atoms with Crippen LogP contribution in [0.2, 0.25) is 0 Å². The van der Waals surface area contributed by atoms with Crippen molar-refractivity contribution in [2.75, 3.05) is 26.7 Å². The number of aromatic nitrogens is 1. The molecule has 1 aromatic heterocycles. The first kappa shape index (κ1) is 15.6. The summed E-state index contributed by atoms with van der Waals surface area (Å²) < 4.78 is 10.6. The number of nitrogens with one attached hydrogen (secondary N) is 1. The molecular formula is C17H21N3O3. The summed E-state index contributed by atoms with van der Waals surface area (Å²) in [7, 11) is 1.65. The van der Waals surface area contributed by atoms with Crippen LogP contribution < -0.4 is 10.1 Å². The fraction of sp³-hybridized carbons (Fsp3) is 0.412. The lowest BCUT2D eigenvalue weighted by atomic mass is 10.0. The molecular weight excluding hydrogens is 294 g/mol.